The maximum absolute atomic E-state index is 15.2. The fraction of sp³-hybridized carbons (Fsp3) is 0.576. The van der Waals surface area contributed by atoms with E-state index in [0.717, 1.165) is 11.1 Å². The molecule has 1 saturated carbocycles. The van der Waals surface area contributed by atoms with Crippen LogP contribution in [0, 0.1) is 5.41 Å². The number of amides is 1. The summed E-state index contributed by atoms with van der Waals surface area (Å²) >= 11 is 12.8. The van der Waals surface area contributed by atoms with Gasteiger partial charge in [-0.2, -0.15) is 0 Å². The van der Waals surface area contributed by atoms with Crippen LogP contribution in [0.25, 0.3) is 0 Å². The Kier molecular flexibility index (Phi) is 11.0. The zero-order chi connectivity index (χ0) is 34.1. The third kappa shape index (κ3) is 8.16. The molecular weight excluding hydrogens is 685 g/mol. The Balaban J connectivity index is 1.63. The van der Waals surface area contributed by atoms with Crippen molar-refractivity contribution in [3.8, 4) is 0 Å². The standard InChI is InChI=1S/C33H43Cl2N3O7S2/c1-3-27(22-36(2)47(44,45)28-11-12-28)38-31(23-7-9-25(34)10-8-23)29(24-5-4-6-26(35)19-24)20-33(32(38)41,21-30(39)40)13-14-37-15-17-46(42,43)18-16-37/h4-10,19,27-29,31H,3,11-18,20-22H2,1-2H3,(H,39,40)/t27-,29?,31+,33+/m0/s1. The smallest absolute Gasteiger partial charge is 0.304 e. The fourth-order valence-corrected chi connectivity index (χ4v) is 10.4. The number of halogens is 2. The van der Waals surface area contributed by atoms with Crippen molar-refractivity contribution in [1.82, 2.24) is 14.1 Å². The van der Waals surface area contributed by atoms with E-state index in [-0.39, 0.29) is 36.8 Å². The van der Waals surface area contributed by atoms with Gasteiger partial charge in [-0.1, -0.05) is 54.4 Å². The predicted octanol–water partition coefficient (Wildman–Crippen LogP) is 4.83. The fourth-order valence-electron chi connectivity index (χ4n) is 7.21. The predicted molar refractivity (Wildman–Crippen MR) is 183 cm³/mol. The van der Waals surface area contributed by atoms with Crippen molar-refractivity contribution < 1.29 is 31.5 Å². The SMILES string of the molecule is CC[C@@H](CN(C)S(=O)(=O)C1CC1)N1C(=O)[C@@](CCN2CCS(=O)(=O)CC2)(CC(=O)O)CC(c2cccc(Cl)c2)[C@H]1c1ccc(Cl)cc1. The summed E-state index contributed by atoms with van der Waals surface area (Å²) < 4.78 is 52.1. The molecule has 258 valence electrons. The van der Waals surface area contributed by atoms with Crippen molar-refractivity contribution in [1.29, 1.82) is 0 Å². The van der Waals surface area contributed by atoms with Crippen molar-refractivity contribution in [2.24, 2.45) is 5.41 Å². The lowest BCUT2D eigenvalue weighted by Crippen LogP contribution is -2.59. The largest absolute Gasteiger partial charge is 0.481 e. The minimum absolute atomic E-state index is 0.0164. The van der Waals surface area contributed by atoms with Gasteiger partial charge in [0.1, 0.15) is 0 Å². The number of likely N-dealkylation sites (tertiary alicyclic amines) is 1. The molecule has 3 fully saturated rings. The third-order valence-electron chi connectivity index (χ3n) is 10.0. The number of sulfonamides is 1. The topological polar surface area (TPSA) is 132 Å². The number of rotatable bonds is 13. The number of hydrogen-bond acceptors (Lipinski definition) is 7. The second-order valence-electron chi connectivity index (χ2n) is 13.3. The van der Waals surface area contributed by atoms with Crippen molar-refractivity contribution >= 4 is 54.9 Å². The van der Waals surface area contributed by atoms with Gasteiger partial charge < -0.3 is 14.9 Å². The van der Waals surface area contributed by atoms with E-state index in [4.69, 9.17) is 23.2 Å². The van der Waals surface area contributed by atoms with Crippen LogP contribution in [0.2, 0.25) is 10.0 Å². The van der Waals surface area contributed by atoms with Gasteiger partial charge >= 0.3 is 5.97 Å². The number of carbonyl (C=O) groups excluding carboxylic acids is 1. The summed E-state index contributed by atoms with van der Waals surface area (Å²) in [4.78, 5) is 31.5. The molecule has 10 nitrogen and oxygen atoms in total. The monoisotopic (exact) mass is 727 g/mol. The summed E-state index contributed by atoms with van der Waals surface area (Å²) in [5.74, 6) is -1.82. The van der Waals surface area contributed by atoms with Gasteiger partial charge in [0.05, 0.1) is 34.6 Å². The lowest BCUT2D eigenvalue weighted by atomic mass is 9.64. The first-order chi connectivity index (χ1) is 22.2. The Labute approximate surface area is 288 Å². The summed E-state index contributed by atoms with van der Waals surface area (Å²) in [6, 6.07) is 13.5. The third-order valence-corrected chi connectivity index (χ3v) is 14.4. The first-order valence-electron chi connectivity index (χ1n) is 16.1. The molecule has 1 unspecified atom stereocenters. The molecule has 2 aromatic carbocycles. The Bertz CT molecular complexity index is 1670. The molecule has 47 heavy (non-hydrogen) atoms. The van der Waals surface area contributed by atoms with E-state index in [2.05, 4.69) is 0 Å². The van der Waals surface area contributed by atoms with Gasteiger partial charge in [0.15, 0.2) is 9.84 Å². The van der Waals surface area contributed by atoms with Gasteiger partial charge in [-0.25, -0.2) is 21.1 Å². The lowest BCUT2D eigenvalue weighted by molar-refractivity contribution is -0.163. The van der Waals surface area contributed by atoms with Gasteiger partial charge in [0, 0.05) is 48.7 Å². The van der Waals surface area contributed by atoms with Crippen LogP contribution >= 0.6 is 23.2 Å². The van der Waals surface area contributed by atoms with Crippen LogP contribution in [0.4, 0.5) is 0 Å². The number of carboxylic acids is 1. The van der Waals surface area contributed by atoms with Crippen LogP contribution in [0.5, 0.6) is 0 Å². The molecule has 0 spiro atoms. The highest BCUT2D eigenvalue weighted by molar-refractivity contribution is 7.91. The van der Waals surface area contributed by atoms with Crippen LogP contribution in [0.1, 0.15) is 68.5 Å². The van der Waals surface area contributed by atoms with E-state index in [9.17, 15) is 26.7 Å². The molecule has 2 saturated heterocycles. The van der Waals surface area contributed by atoms with Crippen LogP contribution in [-0.2, 0) is 29.4 Å². The van der Waals surface area contributed by atoms with E-state index >= 15 is 4.79 Å². The Hall–Kier alpha value is -2.22. The molecule has 0 radical (unpaired) electrons. The molecular formula is C33H43Cl2N3O7S2. The summed E-state index contributed by atoms with van der Waals surface area (Å²) in [5, 5.41) is 10.9. The van der Waals surface area contributed by atoms with E-state index in [1.165, 1.54) is 4.31 Å². The van der Waals surface area contributed by atoms with Gasteiger partial charge in [-0.3, -0.25) is 9.59 Å². The molecule has 4 atom stereocenters. The Morgan fingerprint density at radius 3 is 2.30 bits per heavy atom. The minimum atomic E-state index is -3.56. The van der Waals surface area contributed by atoms with Gasteiger partial charge in [-0.15, -0.1) is 0 Å². The van der Waals surface area contributed by atoms with Crippen LogP contribution < -0.4 is 0 Å². The number of nitrogens with zero attached hydrogens (tertiary/aromatic N) is 3. The second kappa shape index (κ2) is 14.3. The number of piperidine rings is 1. The highest BCUT2D eigenvalue weighted by Gasteiger charge is 2.55. The number of aliphatic carboxylic acids is 1. The minimum Gasteiger partial charge on any atom is -0.481 e. The molecule has 0 aromatic heterocycles. The first kappa shape index (κ1) is 36.1. The lowest BCUT2D eigenvalue weighted by Gasteiger charge is -2.53. The van der Waals surface area contributed by atoms with E-state index < -0.39 is 60.9 Å². The molecule has 14 heteroatoms. The molecule has 2 heterocycles. The average molecular weight is 729 g/mol. The van der Waals surface area contributed by atoms with E-state index in [1.54, 1.807) is 30.1 Å². The molecule has 2 aromatic rings. The van der Waals surface area contributed by atoms with E-state index in [0.29, 0.717) is 48.9 Å². The molecule has 1 N–H and O–H groups in total. The number of likely N-dealkylation sites (N-methyl/N-ethyl adjacent to an activating group) is 1. The number of hydrogen-bond donors (Lipinski definition) is 1. The normalized spacial score (nSPS) is 26.0. The molecule has 2 aliphatic heterocycles. The van der Waals surface area contributed by atoms with Gasteiger partial charge in [0.2, 0.25) is 15.9 Å². The summed E-state index contributed by atoms with van der Waals surface area (Å²) in [6.07, 6.45) is 1.62. The number of carbonyl (C=O) groups is 2. The second-order valence-corrected chi connectivity index (χ2v) is 18.8. The number of sulfone groups is 1. The van der Waals surface area contributed by atoms with Crippen molar-refractivity contribution in [3.63, 3.8) is 0 Å². The Morgan fingerprint density at radius 2 is 1.72 bits per heavy atom. The molecule has 1 amide bonds. The summed E-state index contributed by atoms with van der Waals surface area (Å²) in [7, 11) is -5.14. The highest BCUT2D eigenvalue weighted by Crippen LogP contribution is 2.54. The van der Waals surface area contributed by atoms with E-state index in [1.807, 2.05) is 42.2 Å². The zero-order valence-electron chi connectivity index (χ0n) is 26.7. The van der Waals surface area contributed by atoms with Gasteiger partial charge in [-0.05, 0) is 74.0 Å². The number of benzene rings is 2. The first-order valence-corrected chi connectivity index (χ1v) is 20.2. The van der Waals surface area contributed by atoms with Gasteiger partial charge in [0.25, 0.3) is 0 Å². The maximum atomic E-state index is 15.2. The molecule has 5 rings (SSSR count). The quantitative estimate of drug-likeness (QED) is 0.310. The van der Waals surface area contributed by atoms with Crippen LogP contribution in [-0.4, -0.2) is 104 Å². The molecule has 1 aliphatic carbocycles. The zero-order valence-corrected chi connectivity index (χ0v) is 29.9. The summed E-state index contributed by atoms with van der Waals surface area (Å²) in [6.45, 7) is 2.94. The number of carboxylic acid groups (broad SMARTS) is 1. The van der Waals surface area contributed by atoms with Crippen LogP contribution in [0.15, 0.2) is 48.5 Å². The average Bonchev–Trinajstić information content (AvgIpc) is 3.87. The molecule has 0 bridgehead atoms. The Morgan fingerprint density at radius 1 is 1.06 bits per heavy atom. The highest BCUT2D eigenvalue weighted by atomic mass is 35.5. The van der Waals surface area contributed by atoms with Crippen LogP contribution in [0.3, 0.4) is 0 Å². The van der Waals surface area contributed by atoms with Crippen molar-refractivity contribution in [2.45, 2.75) is 68.7 Å². The van der Waals surface area contributed by atoms with Crippen molar-refractivity contribution in [3.05, 3.63) is 69.7 Å². The molecule has 3 aliphatic rings. The van der Waals surface area contributed by atoms with Crippen molar-refractivity contribution in [2.75, 3.05) is 44.7 Å². The maximum Gasteiger partial charge on any atom is 0.304 e. The summed E-state index contributed by atoms with van der Waals surface area (Å²) in [5.41, 5.74) is 0.283.